The lowest BCUT2D eigenvalue weighted by molar-refractivity contribution is -0.121. The molecule has 4 aromatic rings. The average Bonchev–Trinajstić information content (AvgIpc) is 3.37. The fourth-order valence-corrected chi connectivity index (χ4v) is 5.89. The molecule has 0 spiro atoms. The Bertz CT molecular complexity index is 1260. The molecule has 5 rings (SSSR count). The number of hydrogen-bond donors (Lipinski definition) is 1. The summed E-state index contributed by atoms with van der Waals surface area (Å²) in [5, 5.41) is 4.24. The van der Waals surface area contributed by atoms with Crippen molar-refractivity contribution in [2.24, 2.45) is 0 Å². The molecule has 0 aliphatic carbocycles. The number of nitrogens with zero attached hydrogens (tertiary/aromatic N) is 3. The summed E-state index contributed by atoms with van der Waals surface area (Å²) in [7, 11) is 1.70. The maximum absolute atomic E-state index is 13.2. The molecule has 1 aromatic heterocycles. The highest BCUT2D eigenvalue weighted by atomic mass is 32.1. The Morgan fingerprint density at radius 2 is 1.61 bits per heavy atom. The van der Waals surface area contributed by atoms with Crippen molar-refractivity contribution in [2.45, 2.75) is 12.8 Å². The summed E-state index contributed by atoms with van der Waals surface area (Å²) in [6.07, 6.45) is 0. The van der Waals surface area contributed by atoms with Crippen molar-refractivity contribution < 1.29 is 9.53 Å². The van der Waals surface area contributed by atoms with E-state index >= 15 is 0 Å². The first-order chi connectivity index (χ1) is 17.6. The van der Waals surface area contributed by atoms with Gasteiger partial charge in [-0.3, -0.25) is 9.69 Å². The minimum absolute atomic E-state index is 0.0461. The van der Waals surface area contributed by atoms with Crippen molar-refractivity contribution in [3.63, 3.8) is 0 Å². The number of piperazine rings is 1. The second-order valence-corrected chi connectivity index (χ2v) is 10.1. The van der Waals surface area contributed by atoms with Gasteiger partial charge in [0.25, 0.3) is 0 Å². The number of methoxy groups -OCH3 is 1. The molecule has 1 saturated heterocycles. The molecule has 0 radical (unpaired) electrons. The van der Waals surface area contributed by atoms with Crippen molar-refractivity contribution in [1.82, 2.24) is 15.2 Å². The number of rotatable bonds is 8. The number of carbonyl (C=O) groups is 1. The highest BCUT2D eigenvalue weighted by molar-refractivity contribution is 7.22. The number of carbonyl (C=O) groups excluding carboxylic acids is 1. The first-order valence-corrected chi connectivity index (χ1v) is 13.2. The van der Waals surface area contributed by atoms with Crippen molar-refractivity contribution in [3.05, 3.63) is 89.5 Å². The van der Waals surface area contributed by atoms with Crippen LogP contribution in [0.4, 0.5) is 5.13 Å². The highest BCUT2D eigenvalue weighted by Crippen LogP contribution is 2.36. The van der Waals surface area contributed by atoms with E-state index in [0.29, 0.717) is 6.54 Å². The molecule has 2 heterocycles. The predicted octanol–water partition coefficient (Wildman–Crippen LogP) is 4.68. The number of aryl methyl sites for hydroxylation is 1. The number of amides is 1. The third-order valence-electron chi connectivity index (χ3n) is 6.81. The van der Waals surface area contributed by atoms with Crippen molar-refractivity contribution in [2.75, 3.05) is 51.3 Å². The van der Waals surface area contributed by atoms with Crippen molar-refractivity contribution >= 4 is 32.6 Å². The molecule has 3 aromatic carbocycles. The Kier molecular flexibility index (Phi) is 7.49. The van der Waals surface area contributed by atoms with Gasteiger partial charge < -0.3 is 15.0 Å². The molecular weight excluding hydrogens is 468 g/mol. The smallest absolute Gasteiger partial charge is 0.232 e. The molecule has 7 heteroatoms. The van der Waals surface area contributed by atoms with Crippen molar-refractivity contribution in [1.29, 1.82) is 0 Å². The second-order valence-electron chi connectivity index (χ2n) is 9.13. The Hall–Kier alpha value is -3.42. The molecule has 1 aliphatic rings. The third-order valence-corrected chi connectivity index (χ3v) is 8.06. The molecule has 186 valence electrons. The number of thiazole rings is 1. The minimum atomic E-state index is -0.302. The van der Waals surface area contributed by atoms with Crippen LogP contribution >= 0.6 is 11.3 Å². The van der Waals surface area contributed by atoms with Crippen molar-refractivity contribution in [3.8, 4) is 5.75 Å². The topological polar surface area (TPSA) is 57.7 Å². The van der Waals surface area contributed by atoms with Gasteiger partial charge in [-0.1, -0.05) is 78.1 Å². The Balaban J connectivity index is 1.16. The van der Waals surface area contributed by atoms with E-state index in [4.69, 9.17) is 9.72 Å². The molecular formula is C29H32N4O2S. The van der Waals surface area contributed by atoms with Gasteiger partial charge in [-0.25, -0.2) is 4.98 Å². The zero-order chi connectivity index (χ0) is 24.9. The van der Waals surface area contributed by atoms with E-state index in [2.05, 4.69) is 28.1 Å². The van der Waals surface area contributed by atoms with Gasteiger partial charge in [-0.2, -0.15) is 0 Å². The molecule has 1 aliphatic heterocycles. The molecule has 1 amide bonds. The predicted molar refractivity (Wildman–Crippen MR) is 147 cm³/mol. The van der Waals surface area contributed by atoms with Crippen LogP contribution in [0.15, 0.2) is 72.8 Å². The van der Waals surface area contributed by atoms with Gasteiger partial charge in [0.1, 0.15) is 11.3 Å². The number of benzene rings is 3. The van der Waals surface area contributed by atoms with E-state index in [1.165, 1.54) is 10.3 Å². The lowest BCUT2D eigenvalue weighted by Crippen LogP contribution is -2.48. The largest absolute Gasteiger partial charge is 0.494 e. The maximum atomic E-state index is 13.2. The van der Waals surface area contributed by atoms with Gasteiger partial charge in [0.2, 0.25) is 5.91 Å². The monoisotopic (exact) mass is 500 g/mol. The van der Waals surface area contributed by atoms with Gasteiger partial charge in [0.15, 0.2) is 5.13 Å². The summed E-state index contributed by atoms with van der Waals surface area (Å²) in [6.45, 7) is 7.33. The molecule has 0 saturated carbocycles. The quantitative estimate of drug-likeness (QED) is 0.381. The van der Waals surface area contributed by atoms with Crippen LogP contribution in [0, 0.1) is 6.92 Å². The van der Waals surface area contributed by atoms with E-state index in [1.54, 1.807) is 18.4 Å². The molecule has 0 atom stereocenters. The maximum Gasteiger partial charge on any atom is 0.232 e. The second kappa shape index (κ2) is 11.1. The first-order valence-electron chi connectivity index (χ1n) is 12.4. The number of fused-ring (bicyclic) bond motifs is 1. The zero-order valence-electron chi connectivity index (χ0n) is 20.8. The van der Waals surface area contributed by atoms with E-state index in [9.17, 15) is 4.79 Å². The number of aromatic nitrogens is 1. The summed E-state index contributed by atoms with van der Waals surface area (Å²) in [5.41, 5.74) is 4.21. The normalized spacial score (nSPS) is 14.4. The van der Waals surface area contributed by atoms with Gasteiger partial charge in [0, 0.05) is 39.3 Å². The summed E-state index contributed by atoms with van der Waals surface area (Å²) in [5.74, 6) is 0.574. The zero-order valence-corrected chi connectivity index (χ0v) is 21.6. The summed E-state index contributed by atoms with van der Waals surface area (Å²) in [4.78, 5) is 22.9. The number of hydrogen-bond acceptors (Lipinski definition) is 6. The molecule has 1 N–H and O–H groups in total. The van der Waals surface area contributed by atoms with Crippen LogP contribution in [-0.4, -0.2) is 62.2 Å². The van der Waals surface area contributed by atoms with Crippen LogP contribution in [0.25, 0.3) is 10.2 Å². The van der Waals surface area contributed by atoms with Gasteiger partial charge in [0.05, 0.1) is 17.7 Å². The summed E-state index contributed by atoms with van der Waals surface area (Å²) in [6, 6.07) is 24.1. The standard InChI is InChI=1S/C29H32N4O2S/c1-21-13-14-24(35-2)26-27(21)36-29(31-26)33-19-17-32(18-20-33)16-15-30-28(34)25(22-9-5-3-6-10-22)23-11-7-4-8-12-23/h3-14,25H,15-20H2,1-2H3,(H,30,34). The molecule has 1 fully saturated rings. The minimum Gasteiger partial charge on any atom is -0.494 e. The fourth-order valence-electron chi connectivity index (χ4n) is 4.79. The van der Waals surface area contributed by atoms with E-state index in [-0.39, 0.29) is 11.8 Å². The highest BCUT2D eigenvalue weighted by Gasteiger charge is 2.24. The lowest BCUT2D eigenvalue weighted by atomic mass is 9.90. The number of anilines is 1. The average molecular weight is 501 g/mol. The van der Waals surface area contributed by atoms with Crippen LogP contribution in [0.5, 0.6) is 5.75 Å². The van der Waals surface area contributed by atoms with Crippen LogP contribution in [0.2, 0.25) is 0 Å². The molecule has 6 nitrogen and oxygen atoms in total. The van der Waals surface area contributed by atoms with Crippen LogP contribution < -0.4 is 15.0 Å². The summed E-state index contributed by atoms with van der Waals surface area (Å²) < 4.78 is 6.72. The SMILES string of the molecule is COc1ccc(C)c2sc(N3CCN(CCNC(=O)C(c4ccccc4)c4ccccc4)CC3)nc12. The third kappa shape index (κ3) is 5.22. The van der Waals surface area contributed by atoms with E-state index in [1.807, 2.05) is 66.7 Å². The van der Waals surface area contributed by atoms with Gasteiger partial charge >= 0.3 is 0 Å². The Morgan fingerprint density at radius 3 is 2.22 bits per heavy atom. The van der Waals surface area contributed by atoms with Crippen LogP contribution in [0.3, 0.4) is 0 Å². The molecule has 0 bridgehead atoms. The van der Waals surface area contributed by atoms with E-state index < -0.39 is 0 Å². The van der Waals surface area contributed by atoms with E-state index in [0.717, 1.165) is 60.2 Å². The van der Waals surface area contributed by atoms with Gasteiger partial charge in [-0.15, -0.1) is 0 Å². The molecule has 0 unspecified atom stereocenters. The molecule has 36 heavy (non-hydrogen) atoms. The van der Waals surface area contributed by atoms with Gasteiger partial charge in [-0.05, 0) is 29.7 Å². The Labute approximate surface area is 216 Å². The Morgan fingerprint density at radius 1 is 0.972 bits per heavy atom. The number of ether oxygens (including phenoxy) is 1. The first kappa shape index (κ1) is 24.3. The number of nitrogens with one attached hydrogen (secondary N) is 1. The lowest BCUT2D eigenvalue weighted by Gasteiger charge is -2.34. The van der Waals surface area contributed by atoms with Crippen LogP contribution in [-0.2, 0) is 4.79 Å². The summed E-state index contributed by atoms with van der Waals surface area (Å²) >= 11 is 1.74. The fraction of sp³-hybridized carbons (Fsp3) is 0.310. The van der Waals surface area contributed by atoms with Crippen LogP contribution in [0.1, 0.15) is 22.6 Å².